The largest absolute Gasteiger partial charge is 0.501 e. The molecule has 0 saturated heterocycles. The van der Waals surface area contributed by atoms with Crippen LogP contribution in [0.15, 0.2) is 126 Å². The van der Waals surface area contributed by atoms with E-state index in [0.717, 1.165) is 67.7 Å². The average molecular weight is 904 g/mol. The molecule has 4 nitrogen and oxygen atoms in total. The van der Waals surface area contributed by atoms with Crippen LogP contribution >= 0.6 is 0 Å². The molecule has 0 N–H and O–H groups in total. The summed E-state index contributed by atoms with van der Waals surface area (Å²) in [6, 6.07) is 46.1. The number of furan rings is 1. The summed E-state index contributed by atoms with van der Waals surface area (Å²) in [5, 5.41) is 3.67. The van der Waals surface area contributed by atoms with E-state index in [-0.39, 0.29) is 30.9 Å². The number of hydrogen-bond acceptors (Lipinski definition) is 3. The third-order valence-electron chi connectivity index (χ3n) is 9.60. The van der Waals surface area contributed by atoms with E-state index in [0.29, 0.717) is 0 Å². The Bertz CT molecular complexity index is 2550. The van der Waals surface area contributed by atoms with Gasteiger partial charge in [0.15, 0.2) is 0 Å². The number of imidazole rings is 1. The summed E-state index contributed by atoms with van der Waals surface area (Å²) in [5.41, 5.74) is 11.0. The van der Waals surface area contributed by atoms with Crippen LogP contribution in [0.2, 0.25) is 19.6 Å². The number of pyridine rings is 1. The SMILES string of the molecule is CC(C)(C)Cc1cc(-c2[c-]ccc(C(C)(C)C)c2)ncc1[Si](C)(C)C.[Ir].[c-]1ccc2c(oc3ccccc32)c1-c1nc2ccccc2n1-c1ccccc1. The normalized spacial score (nSPS) is 12.1. The van der Waals surface area contributed by atoms with Crippen molar-refractivity contribution in [2.75, 3.05) is 0 Å². The van der Waals surface area contributed by atoms with Gasteiger partial charge in [0.1, 0.15) is 5.58 Å². The van der Waals surface area contributed by atoms with Gasteiger partial charge < -0.3 is 14.0 Å². The summed E-state index contributed by atoms with van der Waals surface area (Å²) in [7, 11) is -1.42. The fraction of sp³-hybridized carbons (Fsp3) is 0.250. The molecule has 54 heavy (non-hydrogen) atoms. The van der Waals surface area contributed by atoms with Crippen molar-refractivity contribution in [2.24, 2.45) is 5.41 Å². The van der Waals surface area contributed by atoms with Gasteiger partial charge in [-0.05, 0) is 58.5 Å². The molecule has 1 radical (unpaired) electrons. The Kier molecular flexibility index (Phi) is 11.0. The van der Waals surface area contributed by atoms with Crippen LogP contribution in [-0.2, 0) is 31.9 Å². The number of aromatic nitrogens is 3. The zero-order chi connectivity index (χ0) is 37.5. The molecule has 0 aliphatic heterocycles. The van der Waals surface area contributed by atoms with E-state index in [1.54, 1.807) is 0 Å². The molecule has 0 atom stereocenters. The predicted molar refractivity (Wildman–Crippen MR) is 226 cm³/mol. The number of fused-ring (bicyclic) bond motifs is 4. The molecule has 6 heteroatoms. The van der Waals surface area contributed by atoms with Crippen molar-refractivity contribution >= 4 is 46.2 Å². The molecule has 8 aromatic rings. The van der Waals surface area contributed by atoms with Crippen LogP contribution in [-0.4, -0.2) is 22.6 Å². The molecular weight excluding hydrogens is 855 g/mol. The first-order valence-electron chi connectivity index (χ1n) is 18.5. The zero-order valence-electron chi connectivity index (χ0n) is 32.8. The third-order valence-corrected chi connectivity index (χ3v) is 11.7. The first-order valence-corrected chi connectivity index (χ1v) is 22.0. The zero-order valence-corrected chi connectivity index (χ0v) is 36.2. The Balaban J connectivity index is 0.000000183. The van der Waals surface area contributed by atoms with Crippen molar-refractivity contribution in [1.82, 2.24) is 14.5 Å². The van der Waals surface area contributed by atoms with Crippen molar-refractivity contribution < 1.29 is 24.5 Å². The van der Waals surface area contributed by atoms with Crippen LogP contribution in [0.25, 0.3) is 61.3 Å². The molecule has 0 spiro atoms. The average Bonchev–Trinajstić information content (AvgIpc) is 3.70. The van der Waals surface area contributed by atoms with Crippen molar-refractivity contribution in [1.29, 1.82) is 0 Å². The van der Waals surface area contributed by atoms with E-state index in [2.05, 4.69) is 133 Å². The van der Waals surface area contributed by atoms with Gasteiger partial charge in [0.05, 0.1) is 30.5 Å². The molecule has 0 unspecified atom stereocenters. The van der Waals surface area contributed by atoms with E-state index >= 15 is 0 Å². The monoisotopic (exact) mass is 904 g/mol. The molecule has 0 aliphatic carbocycles. The molecule has 0 aliphatic rings. The molecule has 3 aromatic heterocycles. The van der Waals surface area contributed by atoms with E-state index in [4.69, 9.17) is 14.4 Å². The number of rotatable bonds is 5. The topological polar surface area (TPSA) is 43.9 Å². The minimum absolute atomic E-state index is 0. The van der Waals surface area contributed by atoms with Gasteiger partial charge in [-0.25, -0.2) is 0 Å². The smallest absolute Gasteiger partial charge is 0.120 e. The minimum Gasteiger partial charge on any atom is -0.501 e. The summed E-state index contributed by atoms with van der Waals surface area (Å²) in [4.78, 5) is 9.78. The Morgan fingerprint density at radius 1 is 0.741 bits per heavy atom. The maximum absolute atomic E-state index is 6.24. The molecule has 3 heterocycles. The van der Waals surface area contributed by atoms with Crippen molar-refractivity contribution in [3.63, 3.8) is 0 Å². The molecule has 0 bridgehead atoms. The van der Waals surface area contributed by atoms with E-state index in [9.17, 15) is 0 Å². The van der Waals surface area contributed by atoms with E-state index < -0.39 is 8.07 Å². The van der Waals surface area contributed by atoms with Gasteiger partial charge in [-0.2, -0.15) is 0 Å². The number of para-hydroxylation sites is 4. The first kappa shape index (κ1) is 39.1. The van der Waals surface area contributed by atoms with Gasteiger partial charge in [-0.3, -0.25) is 4.98 Å². The van der Waals surface area contributed by atoms with Gasteiger partial charge in [-0.15, -0.1) is 53.6 Å². The Morgan fingerprint density at radius 3 is 2.15 bits per heavy atom. The van der Waals surface area contributed by atoms with Crippen molar-refractivity contribution in [3.8, 4) is 28.3 Å². The van der Waals surface area contributed by atoms with Gasteiger partial charge in [-0.1, -0.05) is 132 Å². The fourth-order valence-electron chi connectivity index (χ4n) is 7.01. The second-order valence-electron chi connectivity index (χ2n) is 17.2. The van der Waals surface area contributed by atoms with Gasteiger partial charge >= 0.3 is 0 Å². The molecule has 5 aromatic carbocycles. The molecule has 8 rings (SSSR count). The van der Waals surface area contributed by atoms with Crippen molar-refractivity contribution in [2.45, 2.75) is 73.0 Å². The summed E-state index contributed by atoms with van der Waals surface area (Å²) < 4.78 is 8.41. The van der Waals surface area contributed by atoms with E-state index in [1.165, 1.54) is 16.3 Å². The van der Waals surface area contributed by atoms with Crippen LogP contribution in [0.4, 0.5) is 0 Å². The molecular formula is C48H49IrN3OSi-2. The van der Waals surface area contributed by atoms with Crippen LogP contribution in [0.1, 0.15) is 52.7 Å². The number of hydrogen-bond donors (Lipinski definition) is 0. The number of benzene rings is 5. The van der Waals surface area contributed by atoms with Gasteiger partial charge in [0.25, 0.3) is 0 Å². The fourth-order valence-corrected chi connectivity index (χ4v) is 8.58. The summed E-state index contributed by atoms with van der Waals surface area (Å²) >= 11 is 0. The number of nitrogens with zero attached hydrogens (tertiary/aromatic N) is 3. The standard InChI is InChI=1S/C25H15N2O.C23H34NSi.Ir/c1-2-9-17(10-3-1)27-22-15-6-5-14-21(22)26-25(27)20-13-8-12-19-18-11-4-7-16-23(18)28-24(19)20;1-22(2,3)15-18-14-20(24-16-21(18)25(7,8)9)17-11-10-12-19(13-17)23(4,5)6;/h1-12,14-16H;10,12-14,16H,15H2,1-9H3;/q2*-1;. The second-order valence-corrected chi connectivity index (χ2v) is 22.3. The van der Waals surface area contributed by atoms with Crippen LogP contribution in [0.3, 0.4) is 0 Å². The van der Waals surface area contributed by atoms with Gasteiger partial charge in [0, 0.05) is 37.4 Å². The quantitative estimate of drug-likeness (QED) is 0.128. The van der Waals surface area contributed by atoms with Crippen LogP contribution in [0.5, 0.6) is 0 Å². The van der Waals surface area contributed by atoms with Gasteiger partial charge in [0.2, 0.25) is 0 Å². The van der Waals surface area contributed by atoms with E-state index in [1.807, 2.05) is 66.7 Å². The van der Waals surface area contributed by atoms with Crippen LogP contribution in [0, 0.1) is 17.5 Å². The summed E-state index contributed by atoms with van der Waals surface area (Å²) in [6.45, 7) is 20.9. The Labute approximate surface area is 335 Å². The molecule has 277 valence electrons. The first-order chi connectivity index (χ1) is 25.2. The molecule has 0 fully saturated rings. The third kappa shape index (κ3) is 8.22. The Morgan fingerprint density at radius 2 is 1.43 bits per heavy atom. The molecule has 0 saturated carbocycles. The minimum atomic E-state index is -1.42. The summed E-state index contributed by atoms with van der Waals surface area (Å²) in [5.74, 6) is 0.831. The maximum atomic E-state index is 6.24. The maximum Gasteiger partial charge on any atom is 0.120 e. The molecule has 0 amide bonds. The Hall–Kier alpha value is -4.61. The predicted octanol–water partition coefficient (Wildman–Crippen LogP) is 12.4. The second kappa shape index (κ2) is 15.3. The van der Waals surface area contributed by atoms with Crippen LogP contribution < -0.4 is 5.19 Å². The summed E-state index contributed by atoms with van der Waals surface area (Å²) in [6.07, 6.45) is 3.22. The van der Waals surface area contributed by atoms with Crippen molar-refractivity contribution in [3.05, 3.63) is 145 Å².